The van der Waals surface area contributed by atoms with Crippen LogP contribution in [0.15, 0.2) is 36.4 Å². The predicted molar refractivity (Wildman–Crippen MR) is 106 cm³/mol. The molecule has 0 saturated carbocycles. The minimum atomic E-state index is -0.642. The summed E-state index contributed by atoms with van der Waals surface area (Å²) in [6, 6.07) is 11.6. The van der Waals surface area contributed by atoms with Gasteiger partial charge in [0.1, 0.15) is 17.4 Å². The molecule has 0 radical (unpaired) electrons. The van der Waals surface area contributed by atoms with Gasteiger partial charge < -0.3 is 5.11 Å². The monoisotopic (exact) mass is 375 g/mol. The molecule has 2 aromatic rings. The Labute approximate surface area is 146 Å². The van der Waals surface area contributed by atoms with Gasteiger partial charge in [-0.1, -0.05) is 18.2 Å². The number of benzene rings is 2. The number of amides is 1. The smallest absolute Gasteiger partial charge is 0.265 e. The van der Waals surface area contributed by atoms with E-state index < -0.39 is 7.45 Å². The molecule has 4 rings (SSSR count). The van der Waals surface area contributed by atoms with Crippen LogP contribution in [0.4, 0.5) is 11.4 Å². The van der Waals surface area contributed by atoms with Gasteiger partial charge in [0.25, 0.3) is 5.91 Å². The molecule has 0 fully saturated rings. The SMILES string of the molecule is Cc1cc2c(cc1O)[N+](P(P)P)=C[C@@H]1Cc3ccccc3N1C2=O. The maximum atomic E-state index is 13.3. The first-order valence-electron chi connectivity index (χ1n) is 7.66. The van der Waals surface area contributed by atoms with Crippen molar-refractivity contribution in [1.82, 2.24) is 0 Å². The highest BCUT2D eigenvalue weighted by molar-refractivity contribution is 8.40. The molecular formula is C17H18N2O2P3+. The summed E-state index contributed by atoms with van der Waals surface area (Å²) in [7, 11) is 4.96. The zero-order valence-electron chi connectivity index (χ0n) is 13.2. The second-order valence-corrected chi connectivity index (χ2v) is 12.3. The number of aryl methyl sites for hydroxylation is 1. The molecule has 2 heterocycles. The Hall–Kier alpha value is -1.33. The molecule has 7 heteroatoms. The molecule has 122 valence electrons. The van der Waals surface area contributed by atoms with Gasteiger partial charge in [0.2, 0.25) is 13.1 Å². The summed E-state index contributed by atoms with van der Waals surface area (Å²) >= 11 is 0. The number of nitrogens with zero attached hydrogens (tertiary/aromatic N) is 2. The second kappa shape index (κ2) is 5.88. The zero-order valence-corrected chi connectivity index (χ0v) is 16.4. The third-order valence-corrected chi connectivity index (χ3v) is 6.92. The van der Waals surface area contributed by atoms with Crippen LogP contribution >= 0.6 is 25.3 Å². The van der Waals surface area contributed by atoms with Crippen LogP contribution in [0.5, 0.6) is 5.75 Å². The van der Waals surface area contributed by atoms with E-state index in [1.807, 2.05) is 30.0 Å². The number of carbonyl (C=O) groups is 1. The summed E-state index contributed by atoms with van der Waals surface area (Å²) in [6.45, 7) is 1.82. The lowest BCUT2D eigenvalue weighted by Gasteiger charge is -2.19. The number of phenols is 1. The fraction of sp³-hybridized carbons (Fsp3) is 0.176. The van der Waals surface area contributed by atoms with E-state index in [9.17, 15) is 9.90 Å². The number of hydrogen-bond acceptors (Lipinski definition) is 2. The Morgan fingerprint density at radius 3 is 2.79 bits per heavy atom. The van der Waals surface area contributed by atoms with Crippen LogP contribution in [0.3, 0.4) is 0 Å². The highest BCUT2D eigenvalue weighted by atomic mass is 32.4. The molecule has 4 nitrogen and oxygen atoms in total. The Kier molecular flexibility index (Phi) is 3.96. The molecule has 1 N–H and O–H groups in total. The number of anilines is 1. The molecule has 2 unspecified atom stereocenters. The number of aromatic hydroxyl groups is 1. The van der Waals surface area contributed by atoms with E-state index in [-0.39, 0.29) is 17.7 Å². The fourth-order valence-electron chi connectivity index (χ4n) is 3.41. The normalized spacial score (nSPS) is 18.8. The second-order valence-electron chi connectivity index (χ2n) is 6.10. The largest absolute Gasteiger partial charge is 0.507 e. The van der Waals surface area contributed by atoms with Crippen molar-refractivity contribution < 1.29 is 14.2 Å². The fourth-order valence-corrected chi connectivity index (χ4v) is 5.34. The van der Waals surface area contributed by atoms with Crippen LogP contribution in [0.2, 0.25) is 0 Å². The number of hydrogen-bond donors (Lipinski definition) is 1. The Morgan fingerprint density at radius 2 is 2.04 bits per heavy atom. The molecular weight excluding hydrogens is 357 g/mol. The number of fused-ring (bicyclic) bond motifs is 4. The topological polar surface area (TPSA) is 43.6 Å². The Balaban J connectivity index is 1.97. The summed E-state index contributed by atoms with van der Waals surface area (Å²) in [6.07, 6.45) is 2.93. The first-order valence-corrected chi connectivity index (χ1v) is 12.2. The number of phenolic OH excluding ortho intramolecular Hbond substituents is 1. The summed E-state index contributed by atoms with van der Waals surface area (Å²) in [5, 5.41) is 10.1. The van der Waals surface area contributed by atoms with E-state index in [4.69, 9.17) is 0 Å². The van der Waals surface area contributed by atoms with Gasteiger partial charge in [-0.3, -0.25) is 9.69 Å². The van der Waals surface area contributed by atoms with Gasteiger partial charge in [-0.05, 0) is 48.0 Å². The summed E-state index contributed by atoms with van der Waals surface area (Å²) in [4.78, 5) is 15.2. The Bertz CT molecular complexity index is 895. The maximum Gasteiger partial charge on any atom is 0.265 e. The van der Waals surface area contributed by atoms with Crippen molar-refractivity contribution in [3.8, 4) is 5.75 Å². The molecule has 0 spiro atoms. The predicted octanol–water partition coefficient (Wildman–Crippen LogP) is 3.98. The minimum absolute atomic E-state index is 0.00384. The van der Waals surface area contributed by atoms with Crippen molar-refractivity contribution >= 4 is 48.8 Å². The lowest BCUT2D eigenvalue weighted by molar-refractivity contribution is -0.244. The number of para-hydroxylation sites is 1. The van der Waals surface area contributed by atoms with Crippen molar-refractivity contribution in [1.29, 1.82) is 0 Å². The standard InChI is InChI=1S/C17H17N2O2P3/c1-10-6-13-15(8-16(10)20)18(24(22)23)9-12-7-11-4-2-3-5-14(11)19(12)17(13)21/h2-6,8-9,12H,7,22-23H2,1H3/p+1/t12-/m0/s1. The molecule has 0 aromatic heterocycles. The lowest BCUT2D eigenvalue weighted by Crippen LogP contribution is -2.38. The molecule has 0 saturated heterocycles. The van der Waals surface area contributed by atoms with Crippen molar-refractivity contribution in [2.24, 2.45) is 0 Å². The van der Waals surface area contributed by atoms with Crippen LogP contribution in [0.1, 0.15) is 21.5 Å². The first kappa shape index (κ1) is 16.2. The van der Waals surface area contributed by atoms with Crippen LogP contribution < -0.4 is 4.90 Å². The van der Waals surface area contributed by atoms with Crippen LogP contribution in [0.25, 0.3) is 0 Å². The summed E-state index contributed by atoms with van der Waals surface area (Å²) < 4.78 is 2.10. The van der Waals surface area contributed by atoms with Crippen molar-refractivity contribution in [2.75, 3.05) is 4.90 Å². The molecule has 1 amide bonds. The van der Waals surface area contributed by atoms with E-state index >= 15 is 0 Å². The van der Waals surface area contributed by atoms with Crippen LogP contribution in [-0.2, 0) is 6.42 Å². The quantitative estimate of drug-likeness (QED) is 0.767. The van der Waals surface area contributed by atoms with Gasteiger partial charge in [0, 0.05) is 12.1 Å². The van der Waals surface area contributed by atoms with Gasteiger partial charge in [-0.25, -0.2) is 0 Å². The minimum Gasteiger partial charge on any atom is -0.507 e. The molecule has 0 bridgehead atoms. The Morgan fingerprint density at radius 1 is 1.29 bits per heavy atom. The van der Waals surface area contributed by atoms with E-state index in [0.29, 0.717) is 11.1 Å². The van der Waals surface area contributed by atoms with Crippen molar-refractivity contribution in [3.05, 3.63) is 53.1 Å². The molecule has 2 aromatic carbocycles. The number of carbonyl (C=O) groups excluding carboxylic acids is 1. The summed E-state index contributed by atoms with van der Waals surface area (Å²) in [5.74, 6) is 0.211. The van der Waals surface area contributed by atoms with Crippen molar-refractivity contribution in [3.63, 3.8) is 0 Å². The van der Waals surface area contributed by atoms with Gasteiger partial charge in [0.05, 0.1) is 6.07 Å². The highest BCUT2D eigenvalue weighted by Gasteiger charge is 2.41. The third-order valence-electron chi connectivity index (χ3n) is 4.58. The molecule has 24 heavy (non-hydrogen) atoms. The van der Waals surface area contributed by atoms with Crippen molar-refractivity contribution in [2.45, 2.75) is 19.4 Å². The molecule has 2 aliphatic rings. The average Bonchev–Trinajstić information content (AvgIpc) is 2.87. The number of rotatable bonds is 1. The summed E-state index contributed by atoms with van der Waals surface area (Å²) in [5.41, 5.74) is 4.30. The first-order chi connectivity index (χ1) is 11.5. The van der Waals surface area contributed by atoms with Crippen LogP contribution in [0, 0.1) is 6.92 Å². The van der Waals surface area contributed by atoms with E-state index in [1.54, 1.807) is 12.1 Å². The van der Waals surface area contributed by atoms with Gasteiger partial charge >= 0.3 is 0 Å². The maximum absolute atomic E-state index is 13.3. The molecule has 0 aliphatic carbocycles. The van der Waals surface area contributed by atoms with Gasteiger partial charge in [-0.15, -0.1) is 0 Å². The van der Waals surface area contributed by atoms with E-state index in [2.05, 4.69) is 34.5 Å². The van der Waals surface area contributed by atoms with Crippen LogP contribution in [-0.4, -0.2) is 27.6 Å². The molecule has 2 aliphatic heterocycles. The van der Waals surface area contributed by atoms with E-state index in [0.717, 1.165) is 17.8 Å². The average molecular weight is 375 g/mol. The molecule has 3 atom stereocenters. The third kappa shape index (κ3) is 2.40. The highest BCUT2D eigenvalue weighted by Crippen LogP contribution is 2.58. The van der Waals surface area contributed by atoms with Gasteiger partial charge in [0.15, 0.2) is 6.21 Å². The van der Waals surface area contributed by atoms with E-state index in [1.165, 1.54) is 5.56 Å². The zero-order chi connectivity index (χ0) is 17.0. The van der Waals surface area contributed by atoms with Gasteiger partial charge in [-0.2, -0.15) is 4.35 Å². The lowest BCUT2D eigenvalue weighted by atomic mass is 10.1.